The van der Waals surface area contributed by atoms with Crippen molar-refractivity contribution >= 4 is 67.5 Å². The van der Waals surface area contributed by atoms with Crippen LogP contribution in [0.5, 0.6) is 0 Å². The molecule has 0 radical (unpaired) electrons. The maximum absolute atomic E-state index is 12.1. The molecule has 0 fully saturated rings. The molecular weight excluding hydrogens is 510 g/mol. The van der Waals surface area contributed by atoms with Gasteiger partial charge in [-0.15, -0.1) is 0 Å². The largest absolute Gasteiger partial charge is 0.307 e. The average molecular weight is 527 g/mol. The fourth-order valence-corrected chi connectivity index (χ4v) is 2.93. The van der Waals surface area contributed by atoms with Gasteiger partial charge >= 0.3 is 0 Å². The van der Waals surface area contributed by atoms with E-state index >= 15 is 0 Å². The highest BCUT2D eigenvalue weighted by molar-refractivity contribution is 9.10. The first-order valence-corrected chi connectivity index (χ1v) is 10.5. The summed E-state index contributed by atoms with van der Waals surface area (Å²) in [5.41, 5.74) is 1.81. The van der Waals surface area contributed by atoms with Gasteiger partial charge in [0.15, 0.2) is 0 Å². The van der Waals surface area contributed by atoms with Crippen molar-refractivity contribution in [3.63, 3.8) is 0 Å². The monoisotopic (exact) mass is 525 g/mol. The van der Waals surface area contributed by atoms with Gasteiger partial charge in [0, 0.05) is 21.1 Å². The number of halogens is 2. The molecule has 0 saturated carbocycles. The summed E-state index contributed by atoms with van der Waals surface area (Å²) in [6, 6.07) is 20.2. The highest BCUT2D eigenvalue weighted by atomic mass is 79.9. The topological polar surface area (TPSA) is 71.1 Å². The van der Waals surface area contributed by atoms with Gasteiger partial charge in [0.1, 0.15) is 11.6 Å². The summed E-state index contributed by atoms with van der Waals surface area (Å²) in [5.74, 6) is 0.0540. The van der Waals surface area contributed by atoms with Crippen LogP contribution in [-0.4, -0.2) is 16.8 Å². The third kappa shape index (κ3) is 7.09. The van der Waals surface area contributed by atoms with E-state index in [1.165, 1.54) is 12.2 Å². The molecule has 2 aromatic carbocycles. The summed E-state index contributed by atoms with van der Waals surface area (Å²) >= 11 is 6.74. The number of hydrogen-bond donors (Lipinski definition) is 2. The molecule has 3 rings (SSSR count). The molecule has 0 bridgehead atoms. The summed E-state index contributed by atoms with van der Waals surface area (Å²) in [6.07, 6.45) is 6.27. The molecule has 0 aliphatic rings. The SMILES string of the molecule is O=C(C=Cc1ccc(Br)cc1)Nc1cccc(NC(=O)C=Cc2ccc(Br)cc2)n1. The van der Waals surface area contributed by atoms with Gasteiger partial charge in [-0.1, -0.05) is 62.2 Å². The van der Waals surface area contributed by atoms with Crippen LogP contribution >= 0.6 is 31.9 Å². The van der Waals surface area contributed by atoms with Gasteiger partial charge in [-0.3, -0.25) is 9.59 Å². The number of amides is 2. The van der Waals surface area contributed by atoms with E-state index in [4.69, 9.17) is 0 Å². The van der Waals surface area contributed by atoms with Crippen LogP contribution in [0.15, 0.2) is 87.8 Å². The van der Waals surface area contributed by atoms with E-state index in [9.17, 15) is 9.59 Å². The molecule has 7 heteroatoms. The Morgan fingerprint density at radius 3 is 1.47 bits per heavy atom. The number of carbonyl (C=O) groups excluding carboxylic acids is 2. The highest BCUT2D eigenvalue weighted by Crippen LogP contribution is 2.13. The molecule has 0 saturated heterocycles. The van der Waals surface area contributed by atoms with Crippen molar-refractivity contribution in [2.24, 2.45) is 0 Å². The van der Waals surface area contributed by atoms with Gasteiger partial charge < -0.3 is 10.6 Å². The molecule has 0 aliphatic heterocycles. The Balaban J connectivity index is 1.57. The number of hydrogen-bond acceptors (Lipinski definition) is 3. The van der Waals surface area contributed by atoms with Gasteiger partial charge in [-0.05, 0) is 59.7 Å². The fourth-order valence-electron chi connectivity index (χ4n) is 2.40. The first-order chi connectivity index (χ1) is 14.5. The van der Waals surface area contributed by atoms with E-state index in [2.05, 4.69) is 47.5 Å². The van der Waals surface area contributed by atoms with Gasteiger partial charge in [0.25, 0.3) is 0 Å². The zero-order chi connectivity index (χ0) is 21.3. The second-order valence-corrected chi connectivity index (χ2v) is 7.99. The quantitative estimate of drug-likeness (QED) is 0.392. The molecule has 2 amide bonds. The van der Waals surface area contributed by atoms with Crippen LogP contribution in [0, 0.1) is 0 Å². The second-order valence-electron chi connectivity index (χ2n) is 6.16. The smallest absolute Gasteiger partial charge is 0.249 e. The minimum Gasteiger partial charge on any atom is -0.307 e. The standard InChI is InChI=1S/C23H17Br2N3O2/c24-18-10-4-16(5-11-18)8-14-22(29)27-20-2-1-3-21(26-20)28-23(30)15-9-17-6-12-19(25)13-7-17/h1-15H,(H2,26,27,28,29,30). The van der Waals surface area contributed by atoms with Crippen LogP contribution in [0.25, 0.3) is 12.2 Å². The fraction of sp³-hybridized carbons (Fsp3) is 0. The van der Waals surface area contributed by atoms with Crippen molar-refractivity contribution in [3.05, 3.63) is 99.0 Å². The van der Waals surface area contributed by atoms with E-state index in [1.54, 1.807) is 30.4 Å². The molecule has 150 valence electrons. The molecule has 0 spiro atoms. The van der Waals surface area contributed by atoms with Crippen molar-refractivity contribution in [1.82, 2.24) is 4.98 Å². The minimum absolute atomic E-state index is 0.316. The lowest BCUT2D eigenvalue weighted by Crippen LogP contribution is -2.12. The zero-order valence-electron chi connectivity index (χ0n) is 15.7. The van der Waals surface area contributed by atoms with Crippen molar-refractivity contribution in [1.29, 1.82) is 0 Å². The average Bonchev–Trinajstić information content (AvgIpc) is 2.73. The van der Waals surface area contributed by atoms with Crippen molar-refractivity contribution in [3.8, 4) is 0 Å². The summed E-state index contributed by atoms with van der Waals surface area (Å²) in [4.78, 5) is 28.5. The number of nitrogens with one attached hydrogen (secondary N) is 2. The molecule has 0 aliphatic carbocycles. The Bertz CT molecular complexity index is 1010. The molecule has 5 nitrogen and oxygen atoms in total. The Morgan fingerprint density at radius 1 is 0.667 bits per heavy atom. The molecule has 30 heavy (non-hydrogen) atoms. The predicted octanol–water partition coefficient (Wildman–Crippen LogP) is 5.91. The zero-order valence-corrected chi connectivity index (χ0v) is 18.9. The first kappa shape index (κ1) is 21.7. The maximum Gasteiger partial charge on any atom is 0.249 e. The van der Waals surface area contributed by atoms with Crippen LogP contribution in [0.2, 0.25) is 0 Å². The van der Waals surface area contributed by atoms with E-state index in [1.807, 2.05) is 48.5 Å². The van der Waals surface area contributed by atoms with Crippen LogP contribution < -0.4 is 10.6 Å². The molecule has 1 aromatic heterocycles. The summed E-state index contributed by atoms with van der Waals surface area (Å²) in [6.45, 7) is 0. The van der Waals surface area contributed by atoms with Crippen molar-refractivity contribution in [2.75, 3.05) is 10.6 Å². The lowest BCUT2D eigenvalue weighted by Gasteiger charge is -2.05. The van der Waals surface area contributed by atoms with Crippen molar-refractivity contribution < 1.29 is 9.59 Å². The Labute approximate surface area is 191 Å². The van der Waals surface area contributed by atoms with E-state index in [0.29, 0.717) is 11.6 Å². The normalized spacial score (nSPS) is 11.0. The van der Waals surface area contributed by atoms with Crippen LogP contribution in [0.1, 0.15) is 11.1 Å². The number of rotatable bonds is 6. The maximum atomic E-state index is 12.1. The lowest BCUT2D eigenvalue weighted by atomic mass is 10.2. The first-order valence-electron chi connectivity index (χ1n) is 8.94. The third-order valence-corrected chi connectivity index (χ3v) is 4.90. The molecule has 0 unspecified atom stereocenters. The summed E-state index contributed by atoms with van der Waals surface area (Å²) in [5, 5.41) is 5.36. The van der Waals surface area contributed by atoms with Gasteiger partial charge in [-0.25, -0.2) is 4.98 Å². The number of anilines is 2. The number of nitrogens with zero attached hydrogens (tertiary/aromatic N) is 1. The lowest BCUT2D eigenvalue weighted by molar-refractivity contribution is -0.112. The van der Waals surface area contributed by atoms with E-state index in [-0.39, 0.29) is 11.8 Å². The minimum atomic E-state index is -0.316. The van der Waals surface area contributed by atoms with Crippen LogP contribution in [-0.2, 0) is 9.59 Å². The van der Waals surface area contributed by atoms with Crippen LogP contribution in [0.3, 0.4) is 0 Å². The Hall–Kier alpha value is -3.03. The Kier molecular flexibility index (Phi) is 7.70. The highest BCUT2D eigenvalue weighted by Gasteiger charge is 2.03. The summed E-state index contributed by atoms with van der Waals surface area (Å²) < 4.78 is 1.94. The Morgan fingerprint density at radius 2 is 1.07 bits per heavy atom. The molecule has 2 N–H and O–H groups in total. The number of pyridine rings is 1. The third-order valence-electron chi connectivity index (χ3n) is 3.85. The van der Waals surface area contributed by atoms with Gasteiger partial charge in [0.05, 0.1) is 0 Å². The predicted molar refractivity (Wildman–Crippen MR) is 128 cm³/mol. The van der Waals surface area contributed by atoms with Gasteiger partial charge in [-0.2, -0.15) is 0 Å². The molecule has 0 atom stereocenters. The second kappa shape index (κ2) is 10.7. The molecule has 1 heterocycles. The number of benzene rings is 2. The number of carbonyl (C=O) groups is 2. The van der Waals surface area contributed by atoms with Crippen LogP contribution in [0.4, 0.5) is 11.6 Å². The van der Waals surface area contributed by atoms with Crippen molar-refractivity contribution in [2.45, 2.75) is 0 Å². The number of aromatic nitrogens is 1. The van der Waals surface area contributed by atoms with E-state index < -0.39 is 0 Å². The van der Waals surface area contributed by atoms with Gasteiger partial charge in [0.2, 0.25) is 11.8 Å². The summed E-state index contributed by atoms with van der Waals surface area (Å²) in [7, 11) is 0. The molecular formula is C23H17Br2N3O2. The van der Waals surface area contributed by atoms with E-state index in [0.717, 1.165) is 20.1 Å². The molecule has 3 aromatic rings.